The van der Waals surface area contributed by atoms with Crippen LogP contribution in [0.15, 0.2) is 18.2 Å². The van der Waals surface area contributed by atoms with Crippen LogP contribution in [-0.2, 0) is 9.59 Å². The minimum Gasteiger partial charge on any atom is -0.480 e. The molecular formula is C11H11ClFN3O4. The van der Waals surface area contributed by atoms with E-state index in [4.69, 9.17) is 22.4 Å². The van der Waals surface area contributed by atoms with Crippen LogP contribution in [0.3, 0.4) is 0 Å². The summed E-state index contributed by atoms with van der Waals surface area (Å²) in [6, 6.07) is 1.13. The van der Waals surface area contributed by atoms with Gasteiger partial charge in [0.15, 0.2) is 0 Å². The van der Waals surface area contributed by atoms with Gasteiger partial charge in [0.25, 0.3) is 0 Å². The first-order chi connectivity index (χ1) is 9.29. The zero-order valence-electron chi connectivity index (χ0n) is 10.0. The number of carboxylic acids is 1. The summed E-state index contributed by atoms with van der Waals surface area (Å²) in [4.78, 5) is 33.0. The van der Waals surface area contributed by atoms with Crippen molar-refractivity contribution in [2.45, 2.75) is 12.5 Å². The van der Waals surface area contributed by atoms with Crippen molar-refractivity contribution in [3.05, 3.63) is 29.0 Å². The van der Waals surface area contributed by atoms with Crippen molar-refractivity contribution in [1.29, 1.82) is 0 Å². The number of nitrogens with two attached hydrogens (primary N) is 1. The van der Waals surface area contributed by atoms with Gasteiger partial charge in [-0.1, -0.05) is 11.6 Å². The Morgan fingerprint density at radius 1 is 1.40 bits per heavy atom. The molecule has 0 aliphatic heterocycles. The Bertz CT molecular complexity index is 552. The number of nitrogens with one attached hydrogen (secondary N) is 2. The summed E-state index contributed by atoms with van der Waals surface area (Å²) in [5.41, 5.74) is 4.93. The van der Waals surface area contributed by atoms with Gasteiger partial charge in [-0.2, -0.15) is 0 Å². The summed E-state index contributed by atoms with van der Waals surface area (Å²) in [6.45, 7) is 0. The number of aliphatic carboxylic acids is 1. The minimum atomic E-state index is -1.47. The number of hydrogen-bond acceptors (Lipinski definition) is 3. The van der Waals surface area contributed by atoms with Gasteiger partial charge in [-0.05, 0) is 18.2 Å². The van der Waals surface area contributed by atoms with Crippen molar-refractivity contribution in [3.8, 4) is 0 Å². The Labute approximate surface area is 117 Å². The van der Waals surface area contributed by atoms with E-state index in [9.17, 15) is 18.8 Å². The molecule has 1 aromatic rings. The number of amides is 3. The van der Waals surface area contributed by atoms with Crippen molar-refractivity contribution in [3.63, 3.8) is 0 Å². The lowest BCUT2D eigenvalue weighted by atomic mass is 10.2. The highest BCUT2D eigenvalue weighted by atomic mass is 35.5. The molecule has 0 bridgehead atoms. The van der Waals surface area contributed by atoms with E-state index in [0.29, 0.717) is 0 Å². The van der Waals surface area contributed by atoms with Crippen molar-refractivity contribution in [2.75, 3.05) is 5.32 Å². The molecule has 1 rings (SSSR count). The summed E-state index contributed by atoms with van der Waals surface area (Å²) in [6.07, 6.45) is -0.558. The maximum atomic E-state index is 13.1. The van der Waals surface area contributed by atoms with Crippen LogP contribution in [0.2, 0.25) is 5.02 Å². The third-order valence-electron chi connectivity index (χ3n) is 2.19. The maximum absolute atomic E-state index is 13.1. The Balaban J connectivity index is 2.67. The molecule has 0 aliphatic rings. The van der Waals surface area contributed by atoms with Crippen molar-refractivity contribution < 1.29 is 23.9 Å². The average Bonchev–Trinajstić information content (AvgIpc) is 2.32. The van der Waals surface area contributed by atoms with Gasteiger partial charge >= 0.3 is 12.0 Å². The standard InChI is InChI=1S/C11H11ClFN3O4/c12-6-2-1-5(3-7(6)13)15-11(20)16-8(10(18)19)4-9(14)17/h1-3,8H,4H2,(H2,14,17)(H,18,19)(H2,15,16,20)/t8-/m0/s1. The Morgan fingerprint density at radius 2 is 2.05 bits per heavy atom. The summed E-state index contributed by atoms with van der Waals surface area (Å²) in [5, 5.41) is 12.9. The fourth-order valence-corrected chi connectivity index (χ4v) is 1.42. The third kappa shape index (κ3) is 4.73. The minimum absolute atomic E-state index is 0.0765. The number of primary amides is 1. The lowest BCUT2D eigenvalue weighted by molar-refractivity contribution is -0.140. The molecule has 0 heterocycles. The maximum Gasteiger partial charge on any atom is 0.326 e. The molecule has 1 aromatic carbocycles. The molecule has 7 nitrogen and oxygen atoms in total. The van der Waals surface area contributed by atoms with Crippen LogP contribution in [0, 0.1) is 5.82 Å². The Kier molecular flexibility index (Phi) is 5.27. The fraction of sp³-hybridized carbons (Fsp3) is 0.182. The molecule has 20 heavy (non-hydrogen) atoms. The number of carbonyl (C=O) groups excluding carboxylic acids is 2. The van der Waals surface area contributed by atoms with E-state index in [-0.39, 0.29) is 10.7 Å². The SMILES string of the molecule is NC(=O)C[C@H](NC(=O)Nc1ccc(Cl)c(F)c1)C(=O)O. The van der Waals surface area contributed by atoms with Crippen LogP contribution in [0.5, 0.6) is 0 Å². The van der Waals surface area contributed by atoms with E-state index >= 15 is 0 Å². The van der Waals surface area contributed by atoms with E-state index in [1.54, 1.807) is 0 Å². The fourth-order valence-electron chi connectivity index (χ4n) is 1.30. The van der Waals surface area contributed by atoms with Crippen LogP contribution in [-0.4, -0.2) is 29.1 Å². The molecule has 0 aromatic heterocycles. The van der Waals surface area contributed by atoms with Gasteiger partial charge in [0.2, 0.25) is 5.91 Å². The normalized spacial score (nSPS) is 11.5. The van der Waals surface area contributed by atoms with E-state index in [2.05, 4.69) is 5.32 Å². The van der Waals surface area contributed by atoms with Crippen LogP contribution >= 0.6 is 11.6 Å². The molecule has 0 saturated heterocycles. The summed E-state index contributed by atoms with van der Waals surface area (Å²) >= 11 is 5.47. The summed E-state index contributed by atoms with van der Waals surface area (Å²) in [5.74, 6) is -3.03. The molecule has 5 N–H and O–H groups in total. The van der Waals surface area contributed by atoms with Gasteiger partial charge < -0.3 is 21.5 Å². The predicted molar refractivity (Wildman–Crippen MR) is 68.8 cm³/mol. The van der Waals surface area contributed by atoms with Crippen molar-refractivity contribution in [2.24, 2.45) is 5.73 Å². The van der Waals surface area contributed by atoms with Gasteiger partial charge in [0, 0.05) is 5.69 Å². The molecule has 0 spiro atoms. The molecule has 0 radical (unpaired) electrons. The molecule has 0 saturated carbocycles. The second-order valence-electron chi connectivity index (χ2n) is 3.79. The smallest absolute Gasteiger partial charge is 0.326 e. The molecule has 108 valence electrons. The zero-order valence-corrected chi connectivity index (χ0v) is 10.8. The van der Waals surface area contributed by atoms with E-state index in [1.807, 2.05) is 5.32 Å². The number of carbonyl (C=O) groups is 3. The molecular weight excluding hydrogens is 293 g/mol. The number of hydrogen-bond donors (Lipinski definition) is 4. The molecule has 9 heteroatoms. The van der Waals surface area contributed by atoms with Crippen LogP contribution in [0.1, 0.15) is 6.42 Å². The highest BCUT2D eigenvalue weighted by Crippen LogP contribution is 2.18. The first-order valence-corrected chi connectivity index (χ1v) is 5.71. The third-order valence-corrected chi connectivity index (χ3v) is 2.49. The van der Waals surface area contributed by atoms with Crippen LogP contribution in [0.4, 0.5) is 14.9 Å². The number of carboxylic acid groups (broad SMARTS) is 1. The highest BCUT2D eigenvalue weighted by Gasteiger charge is 2.22. The Hall–Kier alpha value is -2.35. The van der Waals surface area contributed by atoms with Crippen LogP contribution < -0.4 is 16.4 Å². The first-order valence-electron chi connectivity index (χ1n) is 5.33. The van der Waals surface area contributed by atoms with Crippen molar-refractivity contribution >= 4 is 35.2 Å². The van der Waals surface area contributed by atoms with E-state index < -0.39 is 36.2 Å². The lowest BCUT2D eigenvalue weighted by Gasteiger charge is -2.13. The van der Waals surface area contributed by atoms with Gasteiger partial charge in [0.05, 0.1) is 11.4 Å². The molecule has 0 fully saturated rings. The van der Waals surface area contributed by atoms with E-state index in [0.717, 1.165) is 6.07 Å². The predicted octanol–water partition coefficient (Wildman–Crippen LogP) is 0.929. The second-order valence-corrected chi connectivity index (χ2v) is 4.20. The number of anilines is 1. The van der Waals surface area contributed by atoms with Crippen molar-refractivity contribution in [1.82, 2.24) is 5.32 Å². The first kappa shape index (κ1) is 15.7. The molecule has 0 unspecified atom stereocenters. The average molecular weight is 304 g/mol. The lowest BCUT2D eigenvalue weighted by Crippen LogP contribution is -2.45. The summed E-state index contributed by atoms with van der Waals surface area (Å²) < 4.78 is 13.1. The molecule has 0 aliphatic carbocycles. The van der Waals surface area contributed by atoms with Crippen LogP contribution in [0.25, 0.3) is 0 Å². The monoisotopic (exact) mass is 303 g/mol. The topological polar surface area (TPSA) is 122 Å². The number of urea groups is 1. The zero-order chi connectivity index (χ0) is 15.3. The highest BCUT2D eigenvalue weighted by molar-refractivity contribution is 6.30. The van der Waals surface area contributed by atoms with Gasteiger partial charge in [-0.15, -0.1) is 0 Å². The number of halogens is 2. The van der Waals surface area contributed by atoms with Gasteiger partial charge in [0.1, 0.15) is 11.9 Å². The molecule has 3 amide bonds. The Morgan fingerprint density at radius 3 is 2.55 bits per heavy atom. The van der Waals surface area contributed by atoms with E-state index in [1.165, 1.54) is 12.1 Å². The summed E-state index contributed by atoms with van der Waals surface area (Å²) in [7, 11) is 0. The number of rotatable bonds is 5. The number of benzene rings is 1. The quantitative estimate of drug-likeness (QED) is 0.646. The largest absolute Gasteiger partial charge is 0.480 e. The molecule has 1 atom stereocenters. The van der Waals surface area contributed by atoms with Gasteiger partial charge in [-0.3, -0.25) is 4.79 Å². The van der Waals surface area contributed by atoms with Gasteiger partial charge in [-0.25, -0.2) is 14.0 Å². The second kappa shape index (κ2) is 6.71.